The van der Waals surface area contributed by atoms with E-state index in [0.29, 0.717) is 0 Å². The van der Waals surface area contributed by atoms with Gasteiger partial charge in [-0.05, 0) is 46.5 Å². The SMILES string of the molecule is c1ccc(-c2nn3c(-c4ccccc4)cc4ccccc4c3c2N(c2ccccc2)c2ccc3ccccc3c2)cc1. The molecule has 0 aliphatic rings. The Bertz CT molecular complexity index is 2180. The number of aromatic nitrogens is 2. The first-order valence-electron chi connectivity index (χ1n) is 14.2. The van der Waals surface area contributed by atoms with Gasteiger partial charge < -0.3 is 4.90 Å². The van der Waals surface area contributed by atoms with E-state index in [4.69, 9.17) is 5.10 Å². The number of rotatable bonds is 5. The predicted molar refractivity (Wildman–Crippen MR) is 176 cm³/mol. The minimum Gasteiger partial charge on any atom is -0.306 e. The fourth-order valence-electron chi connectivity index (χ4n) is 5.99. The van der Waals surface area contributed by atoms with Crippen molar-refractivity contribution in [2.75, 3.05) is 4.90 Å². The van der Waals surface area contributed by atoms with Gasteiger partial charge in [-0.25, -0.2) is 4.52 Å². The van der Waals surface area contributed by atoms with Crippen molar-refractivity contribution in [2.24, 2.45) is 0 Å². The van der Waals surface area contributed by atoms with E-state index < -0.39 is 0 Å². The van der Waals surface area contributed by atoms with Crippen molar-refractivity contribution in [3.05, 3.63) is 164 Å². The first-order chi connectivity index (χ1) is 20.8. The molecule has 8 rings (SSSR count). The maximum absolute atomic E-state index is 5.42. The molecule has 0 bridgehead atoms. The lowest BCUT2D eigenvalue weighted by Crippen LogP contribution is -2.11. The van der Waals surface area contributed by atoms with Gasteiger partial charge in [0.25, 0.3) is 0 Å². The largest absolute Gasteiger partial charge is 0.306 e. The highest BCUT2D eigenvalue weighted by Gasteiger charge is 2.26. The number of para-hydroxylation sites is 1. The van der Waals surface area contributed by atoms with Crippen molar-refractivity contribution >= 4 is 44.1 Å². The van der Waals surface area contributed by atoms with E-state index in [0.717, 1.165) is 50.5 Å². The molecule has 0 aliphatic carbocycles. The molecule has 0 fully saturated rings. The summed E-state index contributed by atoms with van der Waals surface area (Å²) in [5.41, 5.74) is 8.47. The fraction of sp³-hybridized carbons (Fsp3) is 0. The van der Waals surface area contributed by atoms with Gasteiger partial charge in [-0.3, -0.25) is 0 Å². The second kappa shape index (κ2) is 10.1. The maximum Gasteiger partial charge on any atom is 0.117 e. The molecule has 2 heterocycles. The summed E-state index contributed by atoms with van der Waals surface area (Å²) in [5, 5.41) is 10.2. The predicted octanol–water partition coefficient (Wildman–Crippen LogP) is 10.4. The molecule has 0 radical (unpaired) electrons. The molecule has 0 aliphatic heterocycles. The number of pyridine rings is 1. The van der Waals surface area contributed by atoms with E-state index in [1.807, 2.05) is 0 Å². The van der Waals surface area contributed by atoms with Gasteiger partial charge in [-0.15, -0.1) is 0 Å². The van der Waals surface area contributed by atoms with E-state index in [2.05, 4.69) is 173 Å². The highest BCUT2D eigenvalue weighted by molar-refractivity contribution is 6.10. The molecule has 0 saturated carbocycles. The van der Waals surface area contributed by atoms with Crippen molar-refractivity contribution in [3.8, 4) is 22.5 Å². The van der Waals surface area contributed by atoms with Crippen LogP contribution in [0.5, 0.6) is 0 Å². The Labute approximate surface area is 244 Å². The van der Waals surface area contributed by atoms with Gasteiger partial charge in [-0.2, -0.15) is 5.10 Å². The van der Waals surface area contributed by atoms with Crippen molar-refractivity contribution < 1.29 is 0 Å². The summed E-state index contributed by atoms with van der Waals surface area (Å²) in [4.78, 5) is 2.37. The highest BCUT2D eigenvalue weighted by Crippen LogP contribution is 2.46. The van der Waals surface area contributed by atoms with Crippen LogP contribution in [0.25, 0.3) is 49.6 Å². The maximum atomic E-state index is 5.42. The Morgan fingerprint density at radius 2 is 1.05 bits per heavy atom. The number of fused-ring (bicyclic) bond motifs is 4. The van der Waals surface area contributed by atoms with E-state index in [1.54, 1.807) is 0 Å². The second-order valence-corrected chi connectivity index (χ2v) is 10.5. The Hall–Kier alpha value is -5.67. The van der Waals surface area contributed by atoms with Crippen LogP contribution in [0.3, 0.4) is 0 Å². The van der Waals surface area contributed by atoms with Crippen LogP contribution in [0.15, 0.2) is 164 Å². The van der Waals surface area contributed by atoms with E-state index in [1.165, 1.54) is 16.2 Å². The van der Waals surface area contributed by atoms with Crippen molar-refractivity contribution in [2.45, 2.75) is 0 Å². The summed E-state index contributed by atoms with van der Waals surface area (Å²) >= 11 is 0. The minimum absolute atomic E-state index is 0.932. The van der Waals surface area contributed by atoms with E-state index >= 15 is 0 Å². The van der Waals surface area contributed by atoms with Crippen molar-refractivity contribution in [1.29, 1.82) is 0 Å². The Balaban J connectivity index is 1.55. The lowest BCUT2D eigenvalue weighted by Gasteiger charge is -2.26. The molecule has 0 unspecified atom stereocenters. The van der Waals surface area contributed by atoms with Crippen LogP contribution in [0.2, 0.25) is 0 Å². The van der Waals surface area contributed by atoms with E-state index in [9.17, 15) is 0 Å². The third-order valence-electron chi connectivity index (χ3n) is 7.94. The summed E-state index contributed by atoms with van der Waals surface area (Å²) in [6.45, 7) is 0. The Morgan fingerprint density at radius 1 is 0.452 bits per heavy atom. The molecule has 0 saturated heterocycles. The summed E-state index contributed by atoms with van der Waals surface area (Å²) < 4.78 is 2.15. The average Bonchev–Trinajstić information content (AvgIpc) is 3.46. The standard InChI is InChI=1S/C39H27N3/c1-4-15-29(16-5-1)36-27-32-20-12-13-23-35(32)38-39(37(40-42(36)38)30-17-6-2-7-18-30)41(33-21-8-3-9-22-33)34-25-24-28-14-10-11-19-31(28)26-34/h1-27H. The molecule has 3 heteroatoms. The monoisotopic (exact) mass is 537 g/mol. The molecule has 0 spiro atoms. The van der Waals surface area contributed by atoms with Gasteiger partial charge in [0.1, 0.15) is 11.4 Å². The zero-order valence-electron chi connectivity index (χ0n) is 22.9. The molecule has 3 nitrogen and oxygen atoms in total. The van der Waals surface area contributed by atoms with Gasteiger partial charge >= 0.3 is 0 Å². The van der Waals surface area contributed by atoms with Crippen LogP contribution in [-0.2, 0) is 0 Å². The number of benzene rings is 6. The Morgan fingerprint density at radius 3 is 1.79 bits per heavy atom. The number of nitrogens with zero attached hydrogens (tertiary/aromatic N) is 3. The first kappa shape index (κ1) is 24.2. The molecular formula is C39H27N3. The lowest BCUT2D eigenvalue weighted by molar-refractivity contribution is 0.979. The molecular weight excluding hydrogens is 510 g/mol. The topological polar surface area (TPSA) is 20.5 Å². The fourth-order valence-corrected chi connectivity index (χ4v) is 5.99. The molecule has 2 aromatic heterocycles. The second-order valence-electron chi connectivity index (χ2n) is 10.5. The number of anilines is 3. The molecule has 6 aromatic carbocycles. The third kappa shape index (κ3) is 4.03. The van der Waals surface area contributed by atoms with Gasteiger partial charge in [-0.1, -0.05) is 133 Å². The van der Waals surface area contributed by atoms with Crippen LogP contribution in [0.4, 0.5) is 17.1 Å². The van der Waals surface area contributed by atoms with Crippen molar-refractivity contribution in [1.82, 2.24) is 9.61 Å². The summed E-state index contributed by atoms with van der Waals surface area (Å²) in [6.07, 6.45) is 0. The molecule has 8 aromatic rings. The number of hydrogen-bond donors (Lipinski definition) is 0. The summed E-state index contributed by atoms with van der Waals surface area (Å²) in [7, 11) is 0. The summed E-state index contributed by atoms with van der Waals surface area (Å²) in [6, 6.07) is 57.8. The smallest absolute Gasteiger partial charge is 0.117 e. The third-order valence-corrected chi connectivity index (χ3v) is 7.94. The van der Waals surface area contributed by atoms with Gasteiger partial charge in [0, 0.05) is 27.9 Å². The first-order valence-corrected chi connectivity index (χ1v) is 14.2. The van der Waals surface area contributed by atoms with Crippen LogP contribution in [0, 0.1) is 0 Å². The molecule has 0 amide bonds. The van der Waals surface area contributed by atoms with Crippen molar-refractivity contribution in [3.63, 3.8) is 0 Å². The van der Waals surface area contributed by atoms with Gasteiger partial charge in [0.05, 0.1) is 11.2 Å². The number of hydrogen-bond acceptors (Lipinski definition) is 2. The molecule has 198 valence electrons. The van der Waals surface area contributed by atoms with Crippen LogP contribution in [0.1, 0.15) is 0 Å². The summed E-state index contributed by atoms with van der Waals surface area (Å²) in [5.74, 6) is 0. The lowest BCUT2D eigenvalue weighted by atomic mass is 10.0. The van der Waals surface area contributed by atoms with E-state index in [-0.39, 0.29) is 0 Å². The normalized spacial score (nSPS) is 11.3. The van der Waals surface area contributed by atoms with Crippen LogP contribution < -0.4 is 4.90 Å². The quantitative estimate of drug-likeness (QED) is 0.218. The molecule has 0 atom stereocenters. The molecule has 0 N–H and O–H groups in total. The Kier molecular flexibility index (Phi) is 5.79. The highest BCUT2D eigenvalue weighted by atomic mass is 15.3. The molecule has 42 heavy (non-hydrogen) atoms. The van der Waals surface area contributed by atoms with Crippen LogP contribution >= 0.6 is 0 Å². The zero-order valence-corrected chi connectivity index (χ0v) is 22.9. The minimum atomic E-state index is 0.932. The zero-order chi connectivity index (χ0) is 27.9. The average molecular weight is 538 g/mol. The van der Waals surface area contributed by atoms with Gasteiger partial charge in [0.2, 0.25) is 0 Å². The van der Waals surface area contributed by atoms with Crippen LogP contribution in [-0.4, -0.2) is 9.61 Å². The van der Waals surface area contributed by atoms with Gasteiger partial charge in [0.15, 0.2) is 0 Å².